The summed E-state index contributed by atoms with van der Waals surface area (Å²) < 4.78 is 15.3. The molecule has 6 rings (SSSR count). The van der Waals surface area contributed by atoms with Crippen LogP contribution >= 0.6 is 11.8 Å². The SMILES string of the molecule is Cc1cc(Nc2nc(Sc3ccc(NC(=O)CN4C[C@H](Nc5cccc(F)c5)[C@@H](O)C4)cc3)nc3cccn23)n[nH]1. The Labute approximate surface area is 239 Å². The Balaban J connectivity index is 1.05. The highest BCUT2D eigenvalue weighted by molar-refractivity contribution is 7.99. The first-order valence-corrected chi connectivity index (χ1v) is 13.8. The highest BCUT2D eigenvalue weighted by Crippen LogP contribution is 2.28. The van der Waals surface area contributed by atoms with Crippen LogP contribution in [0.4, 0.5) is 27.5 Å². The monoisotopic (exact) mass is 573 g/mol. The molecule has 1 aliphatic rings. The molecule has 1 amide bonds. The molecule has 4 heterocycles. The third-order valence-electron chi connectivity index (χ3n) is 6.57. The van der Waals surface area contributed by atoms with Gasteiger partial charge in [-0.3, -0.25) is 19.2 Å². The molecule has 1 fully saturated rings. The van der Waals surface area contributed by atoms with E-state index in [2.05, 4.69) is 36.1 Å². The van der Waals surface area contributed by atoms with Crippen LogP contribution in [0.25, 0.3) is 5.65 Å². The topological polar surface area (TPSA) is 136 Å². The van der Waals surface area contributed by atoms with E-state index < -0.39 is 6.10 Å². The van der Waals surface area contributed by atoms with Gasteiger partial charge in [0, 0.05) is 47.3 Å². The quantitative estimate of drug-likeness (QED) is 0.178. The van der Waals surface area contributed by atoms with Crippen molar-refractivity contribution in [1.29, 1.82) is 0 Å². The summed E-state index contributed by atoms with van der Waals surface area (Å²) in [5.74, 6) is 0.724. The van der Waals surface area contributed by atoms with Gasteiger partial charge in [0.25, 0.3) is 0 Å². The Morgan fingerprint density at radius 2 is 1.95 bits per heavy atom. The van der Waals surface area contributed by atoms with Crippen molar-refractivity contribution in [3.63, 3.8) is 0 Å². The molecule has 0 aliphatic carbocycles. The van der Waals surface area contributed by atoms with Gasteiger partial charge in [-0.1, -0.05) is 6.07 Å². The molecule has 3 aromatic heterocycles. The average molecular weight is 574 g/mol. The average Bonchev–Trinajstić information content (AvgIpc) is 3.66. The fraction of sp³-hybridized carbons (Fsp3) is 0.214. The zero-order chi connectivity index (χ0) is 28.3. The van der Waals surface area contributed by atoms with Crippen LogP contribution in [0.2, 0.25) is 0 Å². The largest absolute Gasteiger partial charge is 0.390 e. The van der Waals surface area contributed by atoms with Gasteiger partial charge < -0.3 is 21.1 Å². The summed E-state index contributed by atoms with van der Waals surface area (Å²) in [6, 6.07) is 19.0. The predicted octanol–water partition coefficient (Wildman–Crippen LogP) is 3.89. The van der Waals surface area contributed by atoms with Crippen LogP contribution in [0.5, 0.6) is 0 Å². The number of carbonyl (C=O) groups excluding carboxylic acids is 1. The molecule has 11 nitrogen and oxygen atoms in total. The number of aryl methyl sites for hydroxylation is 1. The summed E-state index contributed by atoms with van der Waals surface area (Å²) in [4.78, 5) is 24.8. The molecule has 5 aromatic rings. The van der Waals surface area contributed by atoms with Crippen LogP contribution in [0, 0.1) is 12.7 Å². The van der Waals surface area contributed by atoms with Crippen LogP contribution < -0.4 is 16.0 Å². The number of carbonyl (C=O) groups is 1. The highest BCUT2D eigenvalue weighted by atomic mass is 32.2. The minimum absolute atomic E-state index is 0.130. The van der Waals surface area contributed by atoms with Crippen molar-refractivity contribution in [2.75, 3.05) is 35.6 Å². The van der Waals surface area contributed by atoms with Gasteiger partial charge in [-0.2, -0.15) is 10.1 Å². The lowest BCUT2D eigenvalue weighted by atomic mass is 10.2. The number of aliphatic hydroxyl groups excluding tert-OH is 1. The maximum Gasteiger partial charge on any atom is 0.238 e. The standard InChI is InChI=1S/C28H28FN9O2S/c1-17-12-24(36-35-17)32-27-34-28(33-25-6-3-11-38(25)27)41-21-9-7-19(8-10-21)31-26(40)16-37-14-22(23(39)15-37)30-20-5-2-4-18(29)13-20/h2-13,22-23,30,39H,14-16H2,1H3,(H,31,40)(H2,32,33,34,35,36)/t22-,23-/m0/s1. The van der Waals surface area contributed by atoms with Crippen molar-refractivity contribution in [3.8, 4) is 0 Å². The van der Waals surface area contributed by atoms with Crippen molar-refractivity contribution in [2.45, 2.75) is 29.1 Å². The molecule has 5 N–H and O–H groups in total. The predicted molar refractivity (Wildman–Crippen MR) is 155 cm³/mol. The molecule has 2 atom stereocenters. The number of fused-ring (bicyclic) bond motifs is 1. The molecule has 210 valence electrons. The molecule has 41 heavy (non-hydrogen) atoms. The minimum atomic E-state index is -0.672. The first kappa shape index (κ1) is 26.7. The number of nitrogens with zero attached hydrogens (tertiary/aromatic N) is 5. The zero-order valence-corrected chi connectivity index (χ0v) is 22.9. The fourth-order valence-corrected chi connectivity index (χ4v) is 5.44. The number of nitrogens with one attached hydrogen (secondary N) is 4. The highest BCUT2D eigenvalue weighted by Gasteiger charge is 2.32. The molecule has 0 spiro atoms. The maximum absolute atomic E-state index is 13.5. The lowest BCUT2D eigenvalue weighted by Crippen LogP contribution is -2.33. The van der Waals surface area contributed by atoms with Crippen molar-refractivity contribution >= 4 is 46.5 Å². The number of likely N-dealkylation sites (tertiary alicyclic amines) is 1. The van der Waals surface area contributed by atoms with E-state index in [1.807, 2.05) is 64.9 Å². The molecule has 0 bridgehead atoms. The van der Waals surface area contributed by atoms with E-state index >= 15 is 0 Å². The smallest absolute Gasteiger partial charge is 0.238 e. The number of H-pyrrole nitrogens is 1. The van der Waals surface area contributed by atoms with E-state index in [1.165, 1.54) is 23.9 Å². The second-order valence-corrected chi connectivity index (χ2v) is 10.9. The second-order valence-electron chi connectivity index (χ2n) is 9.82. The normalized spacial score (nSPS) is 17.1. The first-order valence-electron chi connectivity index (χ1n) is 13.0. The number of amides is 1. The van der Waals surface area contributed by atoms with Gasteiger partial charge in [0.2, 0.25) is 11.9 Å². The first-order chi connectivity index (χ1) is 19.9. The number of β-amino-alcohol motifs (C(OH)–C–C–N with tert-alkyl or cyclic N) is 1. The Bertz CT molecular complexity index is 1670. The molecular weight excluding hydrogens is 545 g/mol. The molecule has 0 saturated carbocycles. The van der Waals surface area contributed by atoms with E-state index in [1.54, 1.807) is 12.1 Å². The van der Waals surface area contributed by atoms with Crippen LogP contribution in [-0.2, 0) is 4.79 Å². The summed E-state index contributed by atoms with van der Waals surface area (Å²) in [7, 11) is 0. The Morgan fingerprint density at radius 3 is 2.73 bits per heavy atom. The number of anilines is 4. The van der Waals surface area contributed by atoms with E-state index in [0.29, 0.717) is 41.4 Å². The van der Waals surface area contributed by atoms with Crippen molar-refractivity contribution in [2.24, 2.45) is 0 Å². The van der Waals surface area contributed by atoms with Gasteiger partial charge in [-0.05, 0) is 73.3 Å². The van der Waals surface area contributed by atoms with Gasteiger partial charge in [-0.25, -0.2) is 9.37 Å². The lowest BCUT2D eigenvalue weighted by Gasteiger charge is -2.17. The van der Waals surface area contributed by atoms with E-state index in [-0.39, 0.29) is 24.3 Å². The number of aliphatic hydroxyl groups is 1. The summed E-state index contributed by atoms with van der Waals surface area (Å²) in [5.41, 5.74) is 2.94. The van der Waals surface area contributed by atoms with Crippen LogP contribution in [-0.4, -0.2) is 72.3 Å². The van der Waals surface area contributed by atoms with Crippen molar-refractivity contribution < 1.29 is 14.3 Å². The van der Waals surface area contributed by atoms with Gasteiger partial charge in [-0.15, -0.1) is 0 Å². The molecule has 1 aliphatic heterocycles. The van der Waals surface area contributed by atoms with Crippen molar-refractivity contribution in [3.05, 3.63) is 84.4 Å². The summed E-state index contributed by atoms with van der Waals surface area (Å²) in [6.45, 7) is 2.87. The maximum atomic E-state index is 13.5. The van der Waals surface area contributed by atoms with Gasteiger partial charge in [0.05, 0.1) is 18.7 Å². The van der Waals surface area contributed by atoms with Crippen molar-refractivity contribution in [1.82, 2.24) is 29.5 Å². The third kappa shape index (κ3) is 6.48. The zero-order valence-electron chi connectivity index (χ0n) is 22.1. The molecule has 13 heteroatoms. The summed E-state index contributed by atoms with van der Waals surface area (Å²) >= 11 is 1.41. The fourth-order valence-electron chi connectivity index (χ4n) is 4.68. The molecule has 2 aromatic carbocycles. The second kappa shape index (κ2) is 11.6. The Kier molecular flexibility index (Phi) is 7.55. The van der Waals surface area contributed by atoms with Crippen LogP contribution in [0.15, 0.2) is 83.0 Å². The van der Waals surface area contributed by atoms with Crippen LogP contribution in [0.3, 0.4) is 0 Å². The van der Waals surface area contributed by atoms with E-state index in [4.69, 9.17) is 0 Å². The van der Waals surface area contributed by atoms with E-state index in [9.17, 15) is 14.3 Å². The summed E-state index contributed by atoms with van der Waals surface area (Å²) in [6.07, 6.45) is 1.21. The number of rotatable bonds is 9. The van der Waals surface area contributed by atoms with Gasteiger partial charge in [0.1, 0.15) is 11.5 Å². The van der Waals surface area contributed by atoms with Gasteiger partial charge >= 0.3 is 0 Å². The molecule has 0 unspecified atom stereocenters. The molecular formula is C28H28FN9O2S. The summed E-state index contributed by atoms with van der Waals surface area (Å²) in [5, 5.41) is 27.4. The van der Waals surface area contributed by atoms with Crippen LogP contribution in [0.1, 0.15) is 5.69 Å². The lowest BCUT2D eigenvalue weighted by molar-refractivity contribution is -0.117. The molecule has 1 saturated heterocycles. The number of benzene rings is 2. The Hall–Kier alpha value is -4.46. The third-order valence-corrected chi connectivity index (χ3v) is 7.44. The number of hydrogen-bond acceptors (Lipinski definition) is 9. The van der Waals surface area contributed by atoms with E-state index in [0.717, 1.165) is 16.2 Å². The number of halogens is 1. The minimum Gasteiger partial charge on any atom is -0.390 e. The molecule has 0 radical (unpaired) electrons. The Morgan fingerprint density at radius 1 is 1.10 bits per heavy atom. The van der Waals surface area contributed by atoms with Gasteiger partial charge in [0.15, 0.2) is 11.0 Å². The number of aromatic amines is 1. The number of hydrogen-bond donors (Lipinski definition) is 5. The number of aromatic nitrogens is 5.